The summed E-state index contributed by atoms with van der Waals surface area (Å²) in [5.74, 6) is 0. The van der Waals surface area contributed by atoms with E-state index in [4.69, 9.17) is 0 Å². The summed E-state index contributed by atoms with van der Waals surface area (Å²) in [6, 6.07) is 0. The zero-order valence-electron chi connectivity index (χ0n) is 13.3. The second-order valence-electron chi connectivity index (χ2n) is 7.49. The predicted molar refractivity (Wildman–Crippen MR) is 88.3 cm³/mol. The van der Waals surface area contributed by atoms with Crippen molar-refractivity contribution in [3.8, 4) is 0 Å². The fraction of sp³-hybridized carbons (Fsp3) is 0.867. The summed E-state index contributed by atoms with van der Waals surface area (Å²) in [6.45, 7) is 17.4. The van der Waals surface area contributed by atoms with Crippen LogP contribution in [0.1, 0.15) is 39.0 Å². The Morgan fingerprint density at radius 3 is 1.76 bits per heavy atom. The number of hydrogen-bond acceptors (Lipinski definition) is 0. The van der Waals surface area contributed by atoms with Crippen molar-refractivity contribution in [2.24, 2.45) is 0 Å². The monoisotopic (exact) mass is 270 g/mol. The smallest absolute Gasteiger partial charge is 0.0485 e. The lowest BCUT2D eigenvalue weighted by molar-refractivity contribution is 0.674. The van der Waals surface area contributed by atoms with Crippen molar-refractivity contribution in [3.63, 3.8) is 0 Å². The first-order valence-corrected chi connectivity index (χ1v) is 14.5. The summed E-state index contributed by atoms with van der Waals surface area (Å²) in [4.78, 5) is 0. The predicted octanol–water partition coefficient (Wildman–Crippen LogP) is 6.10. The van der Waals surface area contributed by atoms with Crippen LogP contribution in [0.2, 0.25) is 44.4 Å². The molecule has 102 valence electrons. The second kappa shape index (κ2) is 7.57. The Balaban J connectivity index is 4.23. The van der Waals surface area contributed by atoms with E-state index < -0.39 is 16.1 Å². The Labute approximate surface area is 112 Å². The molecule has 0 aromatic heterocycles. The first kappa shape index (κ1) is 17.2. The summed E-state index contributed by atoms with van der Waals surface area (Å²) in [5.41, 5.74) is 0. The van der Waals surface area contributed by atoms with Gasteiger partial charge in [0.1, 0.15) is 0 Å². The van der Waals surface area contributed by atoms with Gasteiger partial charge < -0.3 is 0 Å². The molecule has 0 aromatic carbocycles. The van der Waals surface area contributed by atoms with E-state index >= 15 is 0 Å². The zero-order chi connectivity index (χ0) is 13.5. The van der Waals surface area contributed by atoms with Gasteiger partial charge >= 0.3 is 0 Å². The van der Waals surface area contributed by atoms with E-state index in [1.807, 2.05) is 0 Å². The highest BCUT2D eigenvalue weighted by Crippen LogP contribution is 2.33. The summed E-state index contributed by atoms with van der Waals surface area (Å²) < 4.78 is 0. The maximum Gasteiger partial charge on any atom is 0.0485 e. The van der Waals surface area contributed by atoms with Crippen LogP contribution >= 0.6 is 0 Å². The van der Waals surface area contributed by atoms with Crippen molar-refractivity contribution in [2.45, 2.75) is 83.5 Å². The molecule has 0 nitrogen and oxygen atoms in total. The molecule has 0 saturated carbocycles. The van der Waals surface area contributed by atoms with E-state index in [9.17, 15) is 0 Å². The maximum atomic E-state index is 2.59. The molecule has 0 aliphatic heterocycles. The summed E-state index contributed by atoms with van der Waals surface area (Å²) in [6.07, 6.45) is 11.9. The molecule has 0 bridgehead atoms. The van der Waals surface area contributed by atoms with Gasteiger partial charge in [0, 0.05) is 16.1 Å². The van der Waals surface area contributed by atoms with Gasteiger partial charge in [0.25, 0.3) is 0 Å². The average molecular weight is 271 g/mol. The van der Waals surface area contributed by atoms with Crippen LogP contribution in [0.25, 0.3) is 0 Å². The highest BCUT2D eigenvalue weighted by Gasteiger charge is 2.35. The summed E-state index contributed by atoms with van der Waals surface area (Å²) in [5, 5.41) is 0.932. The van der Waals surface area contributed by atoms with Gasteiger partial charge in [-0.2, -0.15) is 0 Å². The van der Waals surface area contributed by atoms with Crippen molar-refractivity contribution in [3.05, 3.63) is 12.2 Å². The van der Waals surface area contributed by atoms with E-state index in [-0.39, 0.29) is 0 Å². The van der Waals surface area contributed by atoms with Crippen LogP contribution in [0.15, 0.2) is 12.2 Å². The number of allylic oxidation sites excluding steroid dienone is 2. The molecule has 17 heavy (non-hydrogen) atoms. The lowest BCUT2D eigenvalue weighted by Crippen LogP contribution is -2.42. The standard InChI is InChI=1S/C15H34Si2/c1-8-9-10-11-12-13-14-15(16(2,3)4)17(5,6)7/h13-15H,8-12H2,1-7H3/b14-13+. The topological polar surface area (TPSA) is 0 Å². The van der Waals surface area contributed by atoms with E-state index in [0.29, 0.717) is 0 Å². The summed E-state index contributed by atoms with van der Waals surface area (Å²) in [7, 11) is -2.05. The normalized spacial score (nSPS) is 13.9. The molecule has 0 fully saturated rings. The third-order valence-corrected chi connectivity index (χ3v) is 12.7. The molecule has 0 N–H and O–H groups in total. The number of hydrogen-bond donors (Lipinski definition) is 0. The summed E-state index contributed by atoms with van der Waals surface area (Å²) >= 11 is 0. The van der Waals surface area contributed by atoms with Crippen molar-refractivity contribution < 1.29 is 0 Å². The molecule has 0 unspecified atom stereocenters. The van der Waals surface area contributed by atoms with Crippen LogP contribution in [0.4, 0.5) is 0 Å². The minimum atomic E-state index is -1.02. The quantitative estimate of drug-likeness (QED) is 0.284. The first-order chi connectivity index (χ1) is 7.69. The Hall–Kier alpha value is 0.174. The van der Waals surface area contributed by atoms with Crippen LogP contribution in [0, 0.1) is 0 Å². The van der Waals surface area contributed by atoms with Gasteiger partial charge in [-0.3, -0.25) is 0 Å². The van der Waals surface area contributed by atoms with Gasteiger partial charge in [-0.05, 0) is 18.0 Å². The van der Waals surface area contributed by atoms with Crippen molar-refractivity contribution in [1.82, 2.24) is 0 Å². The Kier molecular flexibility index (Phi) is 7.65. The van der Waals surface area contributed by atoms with Crippen LogP contribution in [-0.2, 0) is 0 Å². The third-order valence-electron chi connectivity index (χ3n) is 3.42. The number of unbranched alkanes of at least 4 members (excludes halogenated alkanes) is 4. The lowest BCUT2D eigenvalue weighted by atomic mass is 10.1. The molecule has 0 radical (unpaired) electrons. The molecule has 0 aliphatic carbocycles. The molecule has 0 amide bonds. The van der Waals surface area contributed by atoms with E-state index in [1.54, 1.807) is 0 Å². The molecular weight excluding hydrogens is 236 g/mol. The fourth-order valence-corrected chi connectivity index (χ4v) is 14.6. The Bertz CT molecular complexity index is 204. The Morgan fingerprint density at radius 1 is 0.824 bits per heavy atom. The highest BCUT2D eigenvalue weighted by atomic mass is 28.4. The van der Waals surface area contributed by atoms with Crippen LogP contribution in [0.5, 0.6) is 0 Å². The molecular formula is C15H34Si2. The molecule has 0 spiro atoms. The highest BCUT2D eigenvalue weighted by molar-refractivity contribution is 6.96. The molecule has 0 rings (SSSR count). The number of rotatable bonds is 8. The van der Waals surface area contributed by atoms with Crippen molar-refractivity contribution >= 4 is 16.1 Å². The molecule has 0 aliphatic rings. The van der Waals surface area contributed by atoms with Gasteiger partial charge in [-0.1, -0.05) is 77.6 Å². The largest absolute Gasteiger partial charge is 0.0907 e. The minimum absolute atomic E-state index is 0.932. The van der Waals surface area contributed by atoms with Crippen LogP contribution < -0.4 is 0 Å². The average Bonchev–Trinajstić information content (AvgIpc) is 2.12. The molecule has 0 heterocycles. The fourth-order valence-electron chi connectivity index (χ4n) is 2.80. The zero-order valence-corrected chi connectivity index (χ0v) is 15.3. The van der Waals surface area contributed by atoms with Gasteiger partial charge in [0.2, 0.25) is 0 Å². The van der Waals surface area contributed by atoms with Gasteiger partial charge in [0.15, 0.2) is 0 Å². The molecule has 0 saturated heterocycles. The first-order valence-electron chi connectivity index (χ1n) is 7.36. The second-order valence-corrected chi connectivity index (χ2v) is 18.8. The maximum absolute atomic E-state index is 2.59. The Morgan fingerprint density at radius 2 is 1.35 bits per heavy atom. The SMILES string of the molecule is CCCCCC/C=C/C([Si](C)(C)C)[Si](C)(C)C. The lowest BCUT2D eigenvalue weighted by Gasteiger charge is -2.36. The van der Waals surface area contributed by atoms with Crippen LogP contribution in [-0.4, -0.2) is 16.1 Å². The molecule has 2 heteroatoms. The minimum Gasteiger partial charge on any atom is -0.0907 e. The van der Waals surface area contributed by atoms with Crippen molar-refractivity contribution in [2.75, 3.05) is 0 Å². The van der Waals surface area contributed by atoms with E-state index in [1.165, 1.54) is 32.1 Å². The van der Waals surface area contributed by atoms with Gasteiger partial charge in [-0.15, -0.1) is 0 Å². The van der Waals surface area contributed by atoms with Crippen molar-refractivity contribution in [1.29, 1.82) is 0 Å². The van der Waals surface area contributed by atoms with E-state index in [2.05, 4.69) is 58.4 Å². The third kappa shape index (κ3) is 7.98. The molecule has 0 aromatic rings. The van der Waals surface area contributed by atoms with E-state index in [0.717, 1.165) is 5.16 Å². The van der Waals surface area contributed by atoms with Crippen LogP contribution in [0.3, 0.4) is 0 Å². The van der Waals surface area contributed by atoms with Gasteiger partial charge in [-0.25, -0.2) is 0 Å². The van der Waals surface area contributed by atoms with Gasteiger partial charge in [0.05, 0.1) is 0 Å². The molecule has 0 atom stereocenters.